The lowest BCUT2D eigenvalue weighted by Gasteiger charge is -2.06. The minimum Gasteiger partial charge on any atom is -0.306 e. The predicted octanol–water partition coefficient (Wildman–Crippen LogP) is 4.13. The lowest BCUT2D eigenvalue weighted by atomic mass is 10.2. The van der Waals surface area contributed by atoms with Gasteiger partial charge in [-0.05, 0) is 42.8 Å². The molecule has 3 aromatic rings. The third kappa shape index (κ3) is 2.70. The van der Waals surface area contributed by atoms with Crippen LogP contribution >= 0.6 is 23.2 Å². The molecule has 0 spiro atoms. The first-order valence-electron chi connectivity index (χ1n) is 6.13. The van der Waals surface area contributed by atoms with Gasteiger partial charge >= 0.3 is 6.03 Å². The molecular weight excluding hydrogens is 311 g/mol. The zero-order chi connectivity index (χ0) is 15.0. The summed E-state index contributed by atoms with van der Waals surface area (Å²) in [6, 6.07) is 10.0. The normalized spacial score (nSPS) is 10.8. The van der Waals surface area contributed by atoms with E-state index in [1.165, 1.54) is 4.68 Å². The number of fused-ring (bicyclic) bond motifs is 1. The Labute approximate surface area is 130 Å². The second-order valence-corrected chi connectivity index (χ2v) is 5.37. The second kappa shape index (κ2) is 5.35. The molecule has 106 valence electrons. The molecule has 1 heterocycles. The van der Waals surface area contributed by atoms with Crippen molar-refractivity contribution in [3.05, 3.63) is 52.0 Å². The summed E-state index contributed by atoms with van der Waals surface area (Å²) in [6.45, 7) is 1.95. The van der Waals surface area contributed by atoms with Crippen LogP contribution in [0.5, 0.6) is 0 Å². The molecule has 7 heteroatoms. The molecule has 2 aromatic carbocycles. The van der Waals surface area contributed by atoms with E-state index in [4.69, 9.17) is 23.2 Å². The molecule has 3 rings (SSSR count). The van der Waals surface area contributed by atoms with E-state index >= 15 is 0 Å². The van der Waals surface area contributed by atoms with Gasteiger partial charge in [-0.2, -0.15) is 4.68 Å². The third-order valence-corrected chi connectivity index (χ3v) is 3.70. The fraction of sp³-hybridized carbons (Fsp3) is 0.0714. The van der Waals surface area contributed by atoms with Crippen molar-refractivity contribution in [2.45, 2.75) is 6.92 Å². The molecule has 0 atom stereocenters. The van der Waals surface area contributed by atoms with Crippen LogP contribution in [-0.2, 0) is 0 Å². The topological polar surface area (TPSA) is 59.8 Å². The van der Waals surface area contributed by atoms with Gasteiger partial charge in [-0.1, -0.05) is 34.5 Å². The molecule has 0 fully saturated rings. The number of amides is 1. The van der Waals surface area contributed by atoms with Gasteiger partial charge in [-0.25, -0.2) is 4.79 Å². The molecule has 0 bridgehead atoms. The number of carbonyl (C=O) groups excluding carboxylic acids is 1. The number of rotatable bonds is 1. The molecule has 1 N–H and O–H groups in total. The standard InChI is InChI=1S/C14H10Cl2N4O/c1-8-2-5-13-12(6-8)18-19-20(13)14(21)17-9-3-4-10(15)11(16)7-9/h2-7H,1H3,(H,17,21). The van der Waals surface area contributed by atoms with Gasteiger partial charge in [-0.15, -0.1) is 5.10 Å². The van der Waals surface area contributed by atoms with Crippen LogP contribution in [0, 0.1) is 6.92 Å². The number of aromatic nitrogens is 3. The number of carbonyl (C=O) groups is 1. The molecule has 0 aliphatic carbocycles. The van der Waals surface area contributed by atoms with Crippen molar-refractivity contribution in [3.63, 3.8) is 0 Å². The van der Waals surface area contributed by atoms with Crippen LogP contribution in [0.1, 0.15) is 5.56 Å². The van der Waals surface area contributed by atoms with Gasteiger partial charge in [0.15, 0.2) is 0 Å². The molecule has 21 heavy (non-hydrogen) atoms. The smallest absolute Gasteiger partial charge is 0.306 e. The highest BCUT2D eigenvalue weighted by Crippen LogP contribution is 2.25. The van der Waals surface area contributed by atoms with Crippen molar-refractivity contribution >= 4 is 46.0 Å². The zero-order valence-corrected chi connectivity index (χ0v) is 12.5. The van der Waals surface area contributed by atoms with Gasteiger partial charge < -0.3 is 5.32 Å². The molecule has 0 aliphatic heterocycles. The second-order valence-electron chi connectivity index (χ2n) is 4.55. The molecular formula is C14H10Cl2N4O. The van der Waals surface area contributed by atoms with Gasteiger partial charge in [0.1, 0.15) is 5.52 Å². The van der Waals surface area contributed by atoms with Crippen LogP contribution in [0.4, 0.5) is 10.5 Å². The van der Waals surface area contributed by atoms with E-state index in [2.05, 4.69) is 15.6 Å². The number of nitrogens with zero attached hydrogens (tertiary/aromatic N) is 3. The first-order valence-corrected chi connectivity index (χ1v) is 6.88. The van der Waals surface area contributed by atoms with E-state index in [0.717, 1.165) is 5.56 Å². The molecule has 0 saturated heterocycles. The molecule has 1 amide bonds. The van der Waals surface area contributed by atoms with Crippen molar-refractivity contribution in [1.82, 2.24) is 15.0 Å². The highest BCUT2D eigenvalue weighted by molar-refractivity contribution is 6.42. The summed E-state index contributed by atoms with van der Waals surface area (Å²) >= 11 is 11.8. The number of benzene rings is 2. The maximum Gasteiger partial charge on any atom is 0.348 e. The summed E-state index contributed by atoms with van der Waals surface area (Å²) < 4.78 is 1.21. The van der Waals surface area contributed by atoms with E-state index in [9.17, 15) is 4.79 Å². The van der Waals surface area contributed by atoms with Gasteiger partial charge in [0, 0.05) is 5.69 Å². The van der Waals surface area contributed by atoms with Crippen LogP contribution in [0.3, 0.4) is 0 Å². The Morgan fingerprint density at radius 3 is 2.71 bits per heavy atom. The lowest BCUT2D eigenvalue weighted by Crippen LogP contribution is -2.20. The molecule has 0 aliphatic rings. The SMILES string of the molecule is Cc1ccc2c(c1)nnn2C(=O)Nc1ccc(Cl)c(Cl)c1. The Bertz CT molecular complexity index is 844. The lowest BCUT2D eigenvalue weighted by molar-refractivity contribution is 0.251. The minimum absolute atomic E-state index is 0.369. The Kier molecular flexibility index (Phi) is 3.53. The van der Waals surface area contributed by atoms with Gasteiger partial charge in [0.05, 0.1) is 15.6 Å². The summed E-state index contributed by atoms with van der Waals surface area (Å²) in [7, 11) is 0. The van der Waals surface area contributed by atoms with Crippen LogP contribution in [-0.4, -0.2) is 21.0 Å². The number of aryl methyl sites for hydroxylation is 1. The third-order valence-electron chi connectivity index (χ3n) is 2.96. The van der Waals surface area contributed by atoms with Crippen molar-refractivity contribution < 1.29 is 4.79 Å². The quantitative estimate of drug-likeness (QED) is 0.733. The van der Waals surface area contributed by atoms with Crippen LogP contribution < -0.4 is 5.32 Å². The minimum atomic E-state index is -0.417. The zero-order valence-electron chi connectivity index (χ0n) is 11.0. The fourth-order valence-electron chi connectivity index (χ4n) is 1.93. The van der Waals surface area contributed by atoms with Crippen molar-refractivity contribution in [3.8, 4) is 0 Å². The predicted molar refractivity (Wildman–Crippen MR) is 83.1 cm³/mol. The van der Waals surface area contributed by atoms with Gasteiger partial charge in [-0.3, -0.25) is 0 Å². The average Bonchev–Trinajstić information content (AvgIpc) is 2.85. The summed E-state index contributed by atoms with van der Waals surface area (Å²) in [6.07, 6.45) is 0. The maximum atomic E-state index is 12.2. The van der Waals surface area contributed by atoms with Crippen molar-refractivity contribution in [2.75, 3.05) is 5.32 Å². The van der Waals surface area contributed by atoms with E-state index < -0.39 is 6.03 Å². The Hall–Kier alpha value is -2.11. The van der Waals surface area contributed by atoms with E-state index in [1.807, 2.05) is 19.1 Å². The Balaban J connectivity index is 1.91. The fourth-order valence-corrected chi connectivity index (χ4v) is 2.23. The number of hydrogen-bond donors (Lipinski definition) is 1. The Morgan fingerprint density at radius 1 is 1.14 bits per heavy atom. The van der Waals surface area contributed by atoms with Crippen LogP contribution in [0.2, 0.25) is 10.0 Å². The number of halogens is 2. The summed E-state index contributed by atoms with van der Waals surface area (Å²) in [5, 5.41) is 11.3. The molecule has 5 nitrogen and oxygen atoms in total. The number of nitrogens with one attached hydrogen (secondary N) is 1. The Morgan fingerprint density at radius 2 is 1.95 bits per heavy atom. The maximum absolute atomic E-state index is 12.2. The van der Waals surface area contributed by atoms with E-state index in [0.29, 0.717) is 26.8 Å². The number of anilines is 1. The van der Waals surface area contributed by atoms with E-state index in [1.54, 1.807) is 24.3 Å². The van der Waals surface area contributed by atoms with Crippen LogP contribution in [0.25, 0.3) is 11.0 Å². The highest BCUT2D eigenvalue weighted by atomic mass is 35.5. The molecule has 1 aromatic heterocycles. The largest absolute Gasteiger partial charge is 0.348 e. The highest BCUT2D eigenvalue weighted by Gasteiger charge is 2.12. The van der Waals surface area contributed by atoms with Gasteiger partial charge in [0.2, 0.25) is 0 Å². The monoisotopic (exact) mass is 320 g/mol. The average molecular weight is 321 g/mol. The van der Waals surface area contributed by atoms with Crippen LogP contribution in [0.15, 0.2) is 36.4 Å². The first kappa shape index (κ1) is 13.9. The first-order chi connectivity index (χ1) is 10.0. The van der Waals surface area contributed by atoms with E-state index in [-0.39, 0.29) is 0 Å². The van der Waals surface area contributed by atoms with Crippen molar-refractivity contribution in [2.24, 2.45) is 0 Å². The summed E-state index contributed by atoms with van der Waals surface area (Å²) in [4.78, 5) is 12.2. The summed E-state index contributed by atoms with van der Waals surface area (Å²) in [5.74, 6) is 0. The van der Waals surface area contributed by atoms with Crippen molar-refractivity contribution in [1.29, 1.82) is 0 Å². The summed E-state index contributed by atoms with van der Waals surface area (Å²) in [5.41, 5.74) is 2.89. The van der Waals surface area contributed by atoms with Gasteiger partial charge in [0.25, 0.3) is 0 Å². The molecule has 0 unspecified atom stereocenters. The molecule has 0 radical (unpaired) electrons. The number of hydrogen-bond acceptors (Lipinski definition) is 3. The molecule has 0 saturated carbocycles.